The Balaban J connectivity index is 0. The molecule has 0 rings (SSSR count). The van der Waals surface area contributed by atoms with Crippen LogP contribution in [0, 0.1) is 0 Å². The Labute approximate surface area is 73.1 Å². The summed E-state index contributed by atoms with van der Waals surface area (Å²) in [6, 6.07) is 0. The van der Waals surface area contributed by atoms with E-state index in [9.17, 15) is 0 Å². The second-order valence-electron chi connectivity index (χ2n) is 0. The second-order valence-corrected chi connectivity index (χ2v) is 0. The molecule has 0 aromatic heterocycles. The molecule has 0 aromatic carbocycles. The van der Waals surface area contributed by atoms with E-state index in [0.29, 0.717) is 0 Å². The van der Waals surface area contributed by atoms with Gasteiger partial charge in [-0.15, -0.1) is 0 Å². The molecule has 0 unspecified atom stereocenters. The van der Waals surface area contributed by atoms with Crippen LogP contribution in [-0.4, -0.2) is 0 Å². The minimum absolute atomic E-state index is 0. The SMILES string of the molecule is [Cu+2].[Fe+3].[Fe+3].[O-2].[O-2].[O-2].[O-2]. The first-order valence-corrected chi connectivity index (χ1v) is 0. The Morgan fingerprint density at radius 2 is 0.429 bits per heavy atom. The Morgan fingerprint density at radius 3 is 0.429 bits per heavy atom. The van der Waals surface area contributed by atoms with Crippen LogP contribution in [0.25, 0.3) is 0 Å². The third kappa shape index (κ3) is 110. The summed E-state index contributed by atoms with van der Waals surface area (Å²) in [6.45, 7) is 0. The summed E-state index contributed by atoms with van der Waals surface area (Å²) in [5.41, 5.74) is 0. The van der Waals surface area contributed by atoms with Crippen LogP contribution >= 0.6 is 0 Å². The zero-order chi connectivity index (χ0) is 0. The molecule has 0 saturated heterocycles. The van der Waals surface area contributed by atoms with Gasteiger partial charge in [0.15, 0.2) is 0 Å². The van der Waals surface area contributed by atoms with Crippen LogP contribution in [0.1, 0.15) is 0 Å². The van der Waals surface area contributed by atoms with Crippen LogP contribution in [0.15, 0.2) is 0 Å². The van der Waals surface area contributed by atoms with Crippen molar-refractivity contribution < 1.29 is 73.1 Å². The monoisotopic (exact) mass is 239 g/mol. The number of hydrogen-bond acceptors (Lipinski definition) is 0. The summed E-state index contributed by atoms with van der Waals surface area (Å²) < 4.78 is 0. The zero-order valence-corrected chi connectivity index (χ0v) is 5.79. The van der Waals surface area contributed by atoms with E-state index in [-0.39, 0.29) is 73.1 Å². The van der Waals surface area contributed by atoms with Gasteiger partial charge >= 0.3 is 51.2 Å². The van der Waals surface area contributed by atoms with Crippen LogP contribution in [0.4, 0.5) is 0 Å². The maximum Gasteiger partial charge on any atom is 3.00 e. The summed E-state index contributed by atoms with van der Waals surface area (Å²) in [4.78, 5) is 0. The van der Waals surface area contributed by atoms with Gasteiger partial charge in [0.2, 0.25) is 0 Å². The fraction of sp³-hybridized carbons (Fsp3) is 0. The van der Waals surface area contributed by atoms with Crippen molar-refractivity contribution in [2.24, 2.45) is 0 Å². The van der Waals surface area contributed by atoms with E-state index in [2.05, 4.69) is 0 Å². The molecule has 7 heavy (non-hydrogen) atoms. The quantitative estimate of drug-likeness (QED) is 0.508. The average Bonchev–Trinajstić information content (AvgIpc) is 0. The van der Waals surface area contributed by atoms with Crippen molar-refractivity contribution in [3.8, 4) is 0 Å². The molecular weight excluding hydrogens is 239 g/mol. The Morgan fingerprint density at radius 1 is 0.429 bits per heavy atom. The molecule has 0 aliphatic heterocycles. The van der Waals surface area contributed by atoms with Crippen LogP contribution in [-0.2, 0) is 73.1 Å². The fourth-order valence-electron chi connectivity index (χ4n) is 0. The Hall–Kier alpha value is 1.40. The van der Waals surface area contributed by atoms with Crippen molar-refractivity contribution in [2.45, 2.75) is 0 Å². The van der Waals surface area contributed by atoms with Crippen molar-refractivity contribution >= 4 is 0 Å². The smallest absolute Gasteiger partial charge is 2.00 e. The van der Waals surface area contributed by atoms with E-state index in [1.54, 1.807) is 0 Å². The largest absolute Gasteiger partial charge is 3.00 e. The molecular formula is CuFe2O4. The second kappa shape index (κ2) is 155. The van der Waals surface area contributed by atoms with Crippen LogP contribution in [0.5, 0.6) is 0 Å². The van der Waals surface area contributed by atoms with Gasteiger partial charge in [-0.3, -0.25) is 0 Å². The minimum atomic E-state index is 0. The summed E-state index contributed by atoms with van der Waals surface area (Å²) in [7, 11) is 0. The standard InChI is InChI=1S/Cu.2Fe.4O/q+2;2*+3;4*-2. The Bertz CT molecular complexity index is 9.65. The van der Waals surface area contributed by atoms with Crippen molar-refractivity contribution in [3.05, 3.63) is 0 Å². The first-order valence-electron chi connectivity index (χ1n) is 0. The van der Waals surface area contributed by atoms with Gasteiger partial charge in [0, 0.05) is 0 Å². The molecule has 0 aliphatic rings. The van der Waals surface area contributed by atoms with E-state index >= 15 is 0 Å². The predicted octanol–water partition coefficient (Wildman–Crippen LogP) is -0.483. The third-order valence-electron chi connectivity index (χ3n) is 0. The predicted molar refractivity (Wildman–Crippen MR) is 2.75 cm³/mol. The summed E-state index contributed by atoms with van der Waals surface area (Å²) in [6.07, 6.45) is 0. The molecule has 0 aliphatic carbocycles. The van der Waals surface area contributed by atoms with E-state index in [4.69, 9.17) is 0 Å². The molecule has 0 aromatic rings. The molecule has 0 saturated carbocycles. The maximum atomic E-state index is 0. The summed E-state index contributed by atoms with van der Waals surface area (Å²) >= 11 is 0. The third-order valence-corrected chi connectivity index (χ3v) is 0. The molecule has 0 N–H and O–H groups in total. The van der Waals surface area contributed by atoms with Gasteiger partial charge in [-0.1, -0.05) is 0 Å². The summed E-state index contributed by atoms with van der Waals surface area (Å²) in [5, 5.41) is 0. The van der Waals surface area contributed by atoms with E-state index in [0.717, 1.165) is 0 Å². The first-order chi connectivity index (χ1) is 0. The number of hydrogen-bond donors (Lipinski definition) is 0. The van der Waals surface area contributed by atoms with Crippen molar-refractivity contribution in [2.75, 3.05) is 0 Å². The van der Waals surface area contributed by atoms with Gasteiger partial charge in [-0.25, -0.2) is 0 Å². The molecule has 0 spiro atoms. The van der Waals surface area contributed by atoms with E-state index in [1.165, 1.54) is 0 Å². The van der Waals surface area contributed by atoms with E-state index < -0.39 is 0 Å². The molecule has 0 amide bonds. The fourth-order valence-corrected chi connectivity index (χ4v) is 0. The van der Waals surface area contributed by atoms with E-state index in [1.807, 2.05) is 0 Å². The molecule has 3 radical (unpaired) electrons. The molecule has 0 atom stereocenters. The van der Waals surface area contributed by atoms with Gasteiger partial charge < -0.3 is 21.9 Å². The zero-order valence-electron chi connectivity index (χ0n) is 2.64. The van der Waals surface area contributed by atoms with Crippen molar-refractivity contribution in [3.63, 3.8) is 0 Å². The maximum absolute atomic E-state index is 0. The topological polar surface area (TPSA) is 114 Å². The van der Waals surface area contributed by atoms with Gasteiger partial charge in [0.1, 0.15) is 0 Å². The molecule has 0 fully saturated rings. The van der Waals surface area contributed by atoms with Gasteiger partial charge in [0.25, 0.3) is 0 Å². The van der Waals surface area contributed by atoms with Crippen LogP contribution in [0.3, 0.4) is 0 Å². The number of rotatable bonds is 0. The molecule has 0 heterocycles. The normalized spacial score (nSPS) is 0. The van der Waals surface area contributed by atoms with Gasteiger partial charge in [0.05, 0.1) is 0 Å². The Kier molecular flexibility index (Phi) is 5200. The molecule has 0 bridgehead atoms. The first kappa shape index (κ1) is 235. The van der Waals surface area contributed by atoms with Crippen molar-refractivity contribution in [1.82, 2.24) is 0 Å². The summed E-state index contributed by atoms with van der Waals surface area (Å²) in [5.74, 6) is 0. The average molecular weight is 239 g/mol. The minimum Gasteiger partial charge on any atom is -2.00 e. The molecule has 4 nitrogen and oxygen atoms in total. The van der Waals surface area contributed by atoms with Crippen LogP contribution in [0.2, 0.25) is 0 Å². The van der Waals surface area contributed by atoms with Gasteiger partial charge in [-0.2, -0.15) is 0 Å². The molecule has 51 valence electrons. The van der Waals surface area contributed by atoms with Crippen molar-refractivity contribution in [1.29, 1.82) is 0 Å². The van der Waals surface area contributed by atoms with Gasteiger partial charge in [-0.05, 0) is 0 Å². The molecule has 7 heteroatoms. The van der Waals surface area contributed by atoms with Crippen LogP contribution < -0.4 is 0 Å².